The monoisotopic (exact) mass is 573 g/mol. The smallest absolute Gasteiger partial charge is 0.227 e. The van der Waals surface area contributed by atoms with Crippen LogP contribution in [0.15, 0.2) is 34.9 Å². The molecule has 4 aromatic rings. The lowest BCUT2D eigenvalue weighted by atomic mass is 10.0. The van der Waals surface area contributed by atoms with E-state index in [-0.39, 0.29) is 30.6 Å². The van der Waals surface area contributed by atoms with Crippen LogP contribution in [0.1, 0.15) is 48.6 Å². The molecular weight excluding hydrogens is 547 g/mol. The van der Waals surface area contributed by atoms with Gasteiger partial charge >= 0.3 is 0 Å². The fraction of sp³-hybridized carbons (Fsp3) is 0.370. The Kier molecular flexibility index (Phi) is 6.26. The standard InChI is InChI=1S/C27H26F3N5O4S/c1-14-25(15(2)39-32-14)16-4-5-22-21(10-16)31-27(35(22)17-8-9-33(13-17)40(3,37)38)23-6-7-24(36)34(23)18-11-19(28)26(30)20(29)12-18/h4-5,10-12,17,23H,6-9,13H2,1-3H3/t17-,23+/m1/s1. The van der Waals surface area contributed by atoms with Crippen molar-refractivity contribution in [2.45, 2.75) is 45.2 Å². The van der Waals surface area contributed by atoms with E-state index in [0.717, 1.165) is 35.0 Å². The number of hydrogen-bond acceptors (Lipinski definition) is 6. The largest absolute Gasteiger partial charge is 0.361 e. The number of aryl methyl sites for hydroxylation is 2. The number of anilines is 1. The fourth-order valence-electron chi connectivity index (χ4n) is 5.94. The molecule has 0 saturated carbocycles. The zero-order valence-electron chi connectivity index (χ0n) is 22.0. The van der Waals surface area contributed by atoms with Crippen LogP contribution in [0.4, 0.5) is 18.9 Å². The van der Waals surface area contributed by atoms with E-state index < -0.39 is 33.5 Å². The molecule has 2 fully saturated rings. The lowest BCUT2D eigenvalue weighted by Crippen LogP contribution is -2.31. The number of aromatic nitrogens is 3. The highest BCUT2D eigenvalue weighted by molar-refractivity contribution is 7.88. The highest BCUT2D eigenvalue weighted by Gasteiger charge is 2.40. The molecule has 2 aliphatic heterocycles. The van der Waals surface area contributed by atoms with Crippen LogP contribution in [-0.2, 0) is 14.8 Å². The van der Waals surface area contributed by atoms with Crippen LogP contribution in [0.3, 0.4) is 0 Å². The van der Waals surface area contributed by atoms with E-state index in [2.05, 4.69) is 5.16 Å². The number of hydrogen-bond donors (Lipinski definition) is 0. The lowest BCUT2D eigenvalue weighted by Gasteiger charge is -2.27. The fourth-order valence-corrected chi connectivity index (χ4v) is 6.82. The molecule has 9 nitrogen and oxygen atoms in total. The first-order valence-electron chi connectivity index (χ1n) is 12.8. The van der Waals surface area contributed by atoms with E-state index in [4.69, 9.17) is 9.51 Å². The van der Waals surface area contributed by atoms with E-state index >= 15 is 0 Å². The zero-order valence-corrected chi connectivity index (χ0v) is 22.8. The van der Waals surface area contributed by atoms with Gasteiger partial charge in [-0.15, -0.1) is 0 Å². The quantitative estimate of drug-likeness (QED) is 0.318. The summed E-state index contributed by atoms with van der Waals surface area (Å²) in [6, 6.07) is 6.27. The van der Waals surface area contributed by atoms with Gasteiger partial charge in [0.1, 0.15) is 11.6 Å². The van der Waals surface area contributed by atoms with E-state index in [1.807, 2.05) is 36.6 Å². The second-order valence-electron chi connectivity index (χ2n) is 10.3. The number of imidazole rings is 1. The summed E-state index contributed by atoms with van der Waals surface area (Å²) in [4.78, 5) is 19.2. The molecule has 0 spiro atoms. The maximum Gasteiger partial charge on any atom is 0.227 e. The first-order chi connectivity index (χ1) is 18.9. The summed E-state index contributed by atoms with van der Waals surface area (Å²) in [5, 5.41) is 4.03. The molecule has 6 rings (SSSR count). The normalized spacial score (nSPS) is 20.4. The SMILES string of the molecule is Cc1noc(C)c1-c1ccc2c(c1)nc([C@@H]1CCC(=O)N1c1cc(F)c(F)c(F)c1)n2[C@@H]1CCN(S(C)(=O)=O)C1. The predicted molar refractivity (Wildman–Crippen MR) is 141 cm³/mol. The number of benzene rings is 2. The van der Waals surface area contributed by atoms with Gasteiger partial charge in [-0.2, -0.15) is 0 Å². The molecule has 0 bridgehead atoms. The van der Waals surface area contributed by atoms with E-state index in [1.165, 1.54) is 9.21 Å². The minimum atomic E-state index is -3.43. The van der Waals surface area contributed by atoms with Crippen LogP contribution >= 0.6 is 0 Å². The van der Waals surface area contributed by atoms with Crippen molar-refractivity contribution in [3.05, 3.63) is 65.1 Å². The van der Waals surface area contributed by atoms with Crippen molar-refractivity contribution in [3.63, 3.8) is 0 Å². The van der Waals surface area contributed by atoms with Gasteiger partial charge < -0.3 is 14.0 Å². The van der Waals surface area contributed by atoms with Gasteiger partial charge in [0.2, 0.25) is 15.9 Å². The number of halogens is 3. The lowest BCUT2D eigenvalue weighted by molar-refractivity contribution is -0.117. The molecule has 2 aliphatic rings. The number of fused-ring (bicyclic) bond motifs is 1. The van der Waals surface area contributed by atoms with Gasteiger partial charge in [-0.3, -0.25) is 4.79 Å². The molecule has 2 aromatic carbocycles. The molecule has 2 atom stereocenters. The van der Waals surface area contributed by atoms with Crippen LogP contribution in [0, 0.1) is 31.3 Å². The number of amides is 1. The van der Waals surface area contributed by atoms with Crippen LogP contribution in [-0.4, -0.2) is 52.7 Å². The molecule has 1 amide bonds. The van der Waals surface area contributed by atoms with Crippen molar-refractivity contribution in [1.29, 1.82) is 0 Å². The van der Waals surface area contributed by atoms with Gasteiger partial charge in [-0.1, -0.05) is 11.2 Å². The van der Waals surface area contributed by atoms with Gasteiger partial charge in [-0.25, -0.2) is 30.9 Å². The molecule has 0 unspecified atom stereocenters. The van der Waals surface area contributed by atoms with Gasteiger partial charge in [0.25, 0.3) is 0 Å². The van der Waals surface area contributed by atoms with Gasteiger partial charge in [-0.05, 0) is 44.4 Å². The Balaban J connectivity index is 1.52. The Hall–Kier alpha value is -3.71. The topological polar surface area (TPSA) is 102 Å². The van der Waals surface area contributed by atoms with Crippen molar-refractivity contribution >= 4 is 32.7 Å². The van der Waals surface area contributed by atoms with E-state index in [9.17, 15) is 26.4 Å². The summed E-state index contributed by atoms with van der Waals surface area (Å²) in [7, 11) is -3.43. The molecule has 2 saturated heterocycles. The molecule has 0 radical (unpaired) electrons. The summed E-state index contributed by atoms with van der Waals surface area (Å²) in [5.41, 5.74) is 3.58. The molecule has 0 aliphatic carbocycles. The molecule has 4 heterocycles. The first kappa shape index (κ1) is 26.5. The number of sulfonamides is 1. The third kappa shape index (κ3) is 4.27. The van der Waals surface area contributed by atoms with E-state index in [0.29, 0.717) is 42.2 Å². The number of carbonyl (C=O) groups excluding carboxylic acids is 1. The number of rotatable bonds is 5. The van der Waals surface area contributed by atoms with Crippen molar-refractivity contribution in [2.24, 2.45) is 0 Å². The van der Waals surface area contributed by atoms with Gasteiger partial charge in [0.05, 0.1) is 40.8 Å². The summed E-state index contributed by atoms with van der Waals surface area (Å²) in [5.74, 6) is -3.69. The summed E-state index contributed by atoms with van der Waals surface area (Å²) >= 11 is 0. The Labute approximate surface area is 228 Å². The van der Waals surface area contributed by atoms with Crippen molar-refractivity contribution in [3.8, 4) is 11.1 Å². The molecule has 40 heavy (non-hydrogen) atoms. The number of nitrogens with zero attached hydrogens (tertiary/aromatic N) is 5. The van der Waals surface area contributed by atoms with Crippen molar-refractivity contribution in [2.75, 3.05) is 24.2 Å². The minimum Gasteiger partial charge on any atom is -0.361 e. The summed E-state index contributed by atoms with van der Waals surface area (Å²) < 4.78 is 75.4. The first-order valence-corrected chi connectivity index (χ1v) is 14.7. The van der Waals surface area contributed by atoms with Crippen molar-refractivity contribution in [1.82, 2.24) is 19.0 Å². The Morgan fingerprint density at radius 2 is 1.77 bits per heavy atom. The summed E-state index contributed by atoms with van der Waals surface area (Å²) in [6.07, 6.45) is 2.08. The Morgan fingerprint density at radius 3 is 2.40 bits per heavy atom. The maximum absolute atomic E-state index is 14.2. The second kappa shape index (κ2) is 9.44. The molecular formula is C27H26F3N5O4S. The third-order valence-corrected chi connectivity index (χ3v) is 9.03. The molecule has 210 valence electrons. The van der Waals surface area contributed by atoms with Crippen LogP contribution in [0.25, 0.3) is 22.2 Å². The Bertz CT molecular complexity index is 1740. The predicted octanol–water partition coefficient (Wildman–Crippen LogP) is 4.80. The molecule has 2 aromatic heterocycles. The van der Waals surface area contributed by atoms with E-state index in [1.54, 1.807) is 0 Å². The Morgan fingerprint density at radius 1 is 1.05 bits per heavy atom. The second-order valence-corrected chi connectivity index (χ2v) is 12.3. The average molecular weight is 574 g/mol. The minimum absolute atomic E-state index is 0.0962. The third-order valence-electron chi connectivity index (χ3n) is 7.76. The van der Waals surface area contributed by atoms with Gasteiger partial charge in [0, 0.05) is 37.2 Å². The summed E-state index contributed by atoms with van der Waals surface area (Å²) in [6.45, 7) is 4.18. The molecule has 13 heteroatoms. The van der Waals surface area contributed by atoms with Crippen LogP contribution in [0.2, 0.25) is 0 Å². The van der Waals surface area contributed by atoms with Gasteiger partial charge in [0.15, 0.2) is 17.5 Å². The average Bonchev–Trinajstić information content (AvgIpc) is 3.66. The van der Waals surface area contributed by atoms with Crippen molar-refractivity contribution < 1.29 is 30.9 Å². The zero-order chi connectivity index (χ0) is 28.5. The highest BCUT2D eigenvalue weighted by atomic mass is 32.2. The van der Waals surface area contributed by atoms with Crippen LogP contribution < -0.4 is 4.90 Å². The van der Waals surface area contributed by atoms with Crippen LogP contribution in [0.5, 0.6) is 0 Å². The highest BCUT2D eigenvalue weighted by Crippen LogP contribution is 2.42. The number of carbonyl (C=O) groups is 1. The maximum atomic E-state index is 14.2. The molecule has 0 N–H and O–H groups in total.